The average Bonchev–Trinajstić information content (AvgIpc) is 2.05. The second kappa shape index (κ2) is 2.94. The van der Waals surface area contributed by atoms with Crippen molar-refractivity contribution in [2.45, 2.75) is 26.2 Å². The van der Waals surface area contributed by atoms with Gasteiger partial charge in [0.2, 0.25) is 0 Å². The predicted octanol–water partition coefficient (Wildman–Crippen LogP) is 2.19. The Bertz CT molecular complexity index is 321. The molecule has 0 N–H and O–H groups in total. The first-order chi connectivity index (χ1) is 5.56. The van der Waals surface area contributed by atoms with Crippen molar-refractivity contribution in [1.29, 1.82) is 5.26 Å². The number of nitriles is 1. The number of aryl methyl sites for hydroxylation is 1. The highest BCUT2D eigenvalue weighted by Crippen LogP contribution is 2.21. The summed E-state index contributed by atoms with van der Waals surface area (Å²) >= 11 is 0. The van der Waals surface area contributed by atoms with Gasteiger partial charge >= 0.3 is 0 Å². The summed E-state index contributed by atoms with van der Waals surface area (Å²) in [7, 11) is 0. The van der Waals surface area contributed by atoms with Crippen LogP contribution in [-0.4, -0.2) is 4.98 Å². The first kappa shape index (κ1) is 8.73. The van der Waals surface area contributed by atoms with E-state index >= 15 is 0 Å². The second-order valence-corrected chi connectivity index (χ2v) is 3.49. The maximum atomic E-state index is 8.86. The van der Waals surface area contributed by atoms with Crippen molar-refractivity contribution in [2.24, 2.45) is 0 Å². The molecule has 0 aliphatic rings. The van der Waals surface area contributed by atoms with Crippen molar-refractivity contribution in [3.05, 3.63) is 29.6 Å². The van der Waals surface area contributed by atoms with Gasteiger partial charge in [-0.2, -0.15) is 5.26 Å². The molecule has 0 fully saturated rings. The summed E-state index contributed by atoms with van der Waals surface area (Å²) in [6.45, 7) is 5.76. The van der Waals surface area contributed by atoms with Crippen LogP contribution in [0.15, 0.2) is 18.5 Å². The summed E-state index contributed by atoms with van der Waals surface area (Å²) in [6, 6.07) is 4.24. The molecule has 1 heterocycles. The van der Waals surface area contributed by atoms with Gasteiger partial charge in [-0.15, -0.1) is 0 Å². The lowest BCUT2D eigenvalue weighted by Crippen LogP contribution is -2.14. The monoisotopic (exact) mass is 160 g/mol. The van der Waals surface area contributed by atoms with E-state index in [0.29, 0.717) is 0 Å². The normalized spacial score (nSPS) is 10.8. The summed E-state index contributed by atoms with van der Waals surface area (Å²) < 4.78 is 0. The minimum Gasteiger partial charge on any atom is -0.264 e. The SMILES string of the molecule is Cc1cncc(C(C)(C)C#N)c1. The minimum atomic E-state index is -0.432. The molecule has 1 rings (SSSR count). The zero-order valence-corrected chi connectivity index (χ0v) is 7.63. The maximum Gasteiger partial charge on any atom is 0.0781 e. The van der Waals surface area contributed by atoms with Crippen LogP contribution in [0.5, 0.6) is 0 Å². The van der Waals surface area contributed by atoms with Crippen LogP contribution in [0.1, 0.15) is 25.0 Å². The molecule has 1 aromatic heterocycles. The molecule has 0 bridgehead atoms. The van der Waals surface area contributed by atoms with E-state index in [1.165, 1.54) is 0 Å². The Labute approximate surface area is 72.9 Å². The van der Waals surface area contributed by atoms with Crippen LogP contribution in [0, 0.1) is 18.3 Å². The zero-order chi connectivity index (χ0) is 9.19. The van der Waals surface area contributed by atoms with Gasteiger partial charge in [0.05, 0.1) is 11.5 Å². The molecule has 0 amide bonds. The highest BCUT2D eigenvalue weighted by Gasteiger charge is 2.19. The van der Waals surface area contributed by atoms with Crippen LogP contribution in [0.2, 0.25) is 0 Å². The van der Waals surface area contributed by atoms with Crippen LogP contribution < -0.4 is 0 Å². The van der Waals surface area contributed by atoms with E-state index in [1.54, 1.807) is 12.4 Å². The predicted molar refractivity (Wildman–Crippen MR) is 47.6 cm³/mol. The fraction of sp³-hybridized carbons (Fsp3) is 0.400. The Morgan fingerprint density at radius 3 is 2.58 bits per heavy atom. The van der Waals surface area contributed by atoms with Crippen molar-refractivity contribution in [3.63, 3.8) is 0 Å². The van der Waals surface area contributed by atoms with Crippen molar-refractivity contribution < 1.29 is 0 Å². The average molecular weight is 160 g/mol. The number of rotatable bonds is 1. The molecule has 0 saturated heterocycles. The minimum absolute atomic E-state index is 0.432. The fourth-order valence-corrected chi connectivity index (χ4v) is 0.961. The third-order valence-electron chi connectivity index (χ3n) is 1.88. The van der Waals surface area contributed by atoms with Gasteiger partial charge in [-0.1, -0.05) is 6.07 Å². The summed E-state index contributed by atoms with van der Waals surface area (Å²) in [6.07, 6.45) is 3.53. The van der Waals surface area contributed by atoms with Crippen molar-refractivity contribution >= 4 is 0 Å². The smallest absolute Gasteiger partial charge is 0.0781 e. The first-order valence-corrected chi connectivity index (χ1v) is 3.89. The van der Waals surface area contributed by atoms with Crippen LogP contribution in [0.4, 0.5) is 0 Å². The molecule has 0 spiro atoms. The molecule has 1 aromatic rings. The lowest BCUT2D eigenvalue weighted by Gasteiger charge is -2.14. The summed E-state index contributed by atoms with van der Waals surface area (Å²) in [5, 5.41) is 8.86. The van der Waals surface area contributed by atoms with Crippen LogP contribution in [0.3, 0.4) is 0 Å². The molecular formula is C10H12N2. The van der Waals surface area contributed by atoms with Crippen LogP contribution >= 0.6 is 0 Å². The lowest BCUT2D eigenvalue weighted by molar-refractivity contribution is 0.682. The van der Waals surface area contributed by atoms with Crippen LogP contribution in [0.25, 0.3) is 0 Å². The van der Waals surface area contributed by atoms with E-state index in [4.69, 9.17) is 5.26 Å². The van der Waals surface area contributed by atoms with E-state index in [0.717, 1.165) is 11.1 Å². The Morgan fingerprint density at radius 1 is 1.42 bits per heavy atom. The quantitative estimate of drug-likeness (QED) is 0.631. The third-order valence-corrected chi connectivity index (χ3v) is 1.88. The number of aromatic nitrogens is 1. The molecule has 0 unspecified atom stereocenters. The van der Waals surface area contributed by atoms with Crippen LogP contribution in [-0.2, 0) is 5.41 Å². The van der Waals surface area contributed by atoms with Crippen molar-refractivity contribution in [3.8, 4) is 6.07 Å². The number of nitrogens with zero attached hydrogens (tertiary/aromatic N) is 2. The second-order valence-electron chi connectivity index (χ2n) is 3.49. The summed E-state index contributed by atoms with van der Waals surface area (Å²) in [4.78, 5) is 4.05. The largest absolute Gasteiger partial charge is 0.264 e. The molecule has 12 heavy (non-hydrogen) atoms. The molecule has 0 saturated carbocycles. The van der Waals surface area contributed by atoms with Gasteiger partial charge in [0, 0.05) is 12.4 Å². The lowest BCUT2D eigenvalue weighted by atomic mass is 9.87. The molecule has 0 aromatic carbocycles. The Hall–Kier alpha value is -1.36. The Balaban J connectivity index is 3.14. The highest BCUT2D eigenvalue weighted by atomic mass is 14.6. The highest BCUT2D eigenvalue weighted by molar-refractivity contribution is 5.29. The number of hydrogen-bond acceptors (Lipinski definition) is 2. The molecule has 62 valence electrons. The maximum absolute atomic E-state index is 8.86. The Morgan fingerprint density at radius 2 is 2.08 bits per heavy atom. The standard InChI is InChI=1S/C10H12N2/c1-8-4-9(6-12-5-8)10(2,3)7-11/h4-6H,1-3H3. The summed E-state index contributed by atoms with van der Waals surface area (Å²) in [5.74, 6) is 0. The van der Waals surface area contributed by atoms with E-state index in [9.17, 15) is 0 Å². The van der Waals surface area contributed by atoms with Gasteiger partial charge in [0.25, 0.3) is 0 Å². The molecule has 0 aliphatic carbocycles. The molecule has 0 aliphatic heterocycles. The third kappa shape index (κ3) is 1.62. The topological polar surface area (TPSA) is 36.7 Å². The fourth-order valence-electron chi connectivity index (χ4n) is 0.961. The van der Waals surface area contributed by atoms with Gasteiger partial charge < -0.3 is 0 Å². The van der Waals surface area contributed by atoms with Gasteiger partial charge in [0.15, 0.2) is 0 Å². The Kier molecular flexibility index (Phi) is 2.14. The van der Waals surface area contributed by atoms with Gasteiger partial charge in [-0.3, -0.25) is 4.98 Å². The molecule has 2 heteroatoms. The van der Waals surface area contributed by atoms with E-state index in [-0.39, 0.29) is 0 Å². The number of pyridine rings is 1. The molecule has 2 nitrogen and oxygen atoms in total. The molecule has 0 atom stereocenters. The zero-order valence-electron chi connectivity index (χ0n) is 7.63. The van der Waals surface area contributed by atoms with Crippen molar-refractivity contribution in [1.82, 2.24) is 4.98 Å². The van der Waals surface area contributed by atoms with E-state index < -0.39 is 5.41 Å². The molecular weight excluding hydrogens is 148 g/mol. The van der Waals surface area contributed by atoms with E-state index in [1.807, 2.05) is 26.8 Å². The number of hydrogen-bond donors (Lipinski definition) is 0. The summed E-state index contributed by atoms with van der Waals surface area (Å²) in [5.41, 5.74) is 1.64. The van der Waals surface area contributed by atoms with Gasteiger partial charge in [-0.25, -0.2) is 0 Å². The first-order valence-electron chi connectivity index (χ1n) is 3.89. The van der Waals surface area contributed by atoms with Gasteiger partial charge in [0.1, 0.15) is 0 Å². The van der Waals surface area contributed by atoms with Crippen molar-refractivity contribution in [2.75, 3.05) is 0 Å². The van der Waals surface area contributed by atoms with Gasteiger partial charge in [-0.05, 0) is 31.9 Å². The molecule has 0 radical (unpaired) electrons. The van der Waals surface area contributed by atoms with E-state index in [2.05, 4.69) is 11.1 Å².